The van der Waals surface area contributed by atoms with Gasteiger partial charge in [-0.25, -0.2) is 12.8 Å². The predicted octanol–water partition coefficient (Wildman–Crippen LogP) is 2.17. The number of nitrogens with zero attached hydrogens (tertiary/aromatic N) is 2. The van der Waals surface area contributed by atoms with Crippen LogP contribution in [0.15, 0.2) is 53.4 Å². The number of benzene rings is 2. The van der Waals surface area contributed by atoms with Crippen LogP contribution >= 0.6 is 0 Å². The maximum absolute atomic E-state index is 13.2. The van der Waals surface area contributed by atoms with E-state index in [-0.39, 0.29) is 17.3 Å². The van der Waals surface area contributed by atoms with E-state index in [1.807, 2.05) is 4.90 Å². The van der Waals surface area contributed by atoms with Gasteiger partial charge in [0.1, 0.15) is 11.6 Å². The Morgan fingerprint density at radius 1 is 1.10 bits per heavy atom. The van der Waals surface area contributed by atoms with Crippen LogP contribution in [0.1, 0.15) is 6.42 Å². The smallest absolute Gasteiger partial charge is 0.243 e. The van der Waals surface area contributed by atoms with Gasteiger partial charge in [-0.1, -0.05) is 6.07 Å². The number of methoxy groups -OCH3 is 1. The fourth-order valence-corrected chi connectivity index (χ4v) is 4.68. The summed E-state index contributed by atoms with van der Waals surface area (Å²) in [5, 5.41) is 2.66. The van der Waals surface area contributed by atoms with E-state index in [9.17, 15) is 17.6 Å². The molecule has 3 rings (SSSR count). The molecule has 2 aromatic rings. The monoisotopic (exact) mass is 421 g/mol. The molecule has 9 heteroatoms. The summed E-state index contributed by atoms with van der Waals surface area (Å²) in [6, 6.07) is 12.0. The number of ether oxygens (including phenoxy) is 1. The van der Waals surface area contributed by atoms with Crippen LogP contribution in [-0.2, 0) is 14.8 Å². The quantitative estimate of drug-likeness (QED) is 0.774. The lowest BCUT2D eigenvalue weighted by Gasteiger charge is -2.21. The number of nitrogens with one attached hydrogen (secondary N) is 1. The van der Waals surface area contributed by atoms with Crippen LogP contribution < -0.4 is 10.1 Å². The third kappa shape index (κ3) is 5.53. The summed E-state index contributed by atoms with van der Waals surface area (Å²) in [4.78, 5) is 14.4. The number of sulfonamides is 1. The zero-order chi connectivity index (χ0) is 20.9. The van der Waals surface area contributed by atoms with Gasteiger partial charge in [-0.05, 0) is 55.4 Å². The molecule has 1 amide bonds. The summed E-state index contributed by atoms with van der Waals surface area (Å²) in [6.45, 7) is 1.84. The second kappa shape index (κ2) is 9.34. The van der Waals surface area contributed by atoms with Crippen LogP contribution in [0.4, 0.5) is 10.1 Å². The maximum Gasteiger partial charge on any atom is 0.243 e. The minimum atomic E-state index is -3.61. The number of rotatable bonds is 6. The molecule has 0 aromatic heterocycles. The number of carbonyl (C=O) groups excluding carboxylic acids is 1. The minimum Gasteiger partial charge on any atom is -0.497 e. The van der Waals surface area contributed by atoms with Crippen molar-refractivity contribution in [2.75, 3.05) is 45.2 Å². The van der Waals surface area contributed by atoms with Crippen molar-refractivity contribution in [3.8, 4) is 5.75 Å². The first-order valence-electron chi connectivity index (χ1n) is 9.30. The molecule has 0 bridgehead atoms. The number of halogens is 1. The van der Waals surface area contributed by atoms with Crippen molar-refractivity contribution in [2.24, 2.45) is 0 Å². The fourth-order valence-electron chi connectivity index (χ4n) is 3.21. The molecule has 0 unspecified atom stereocenters. The Bertz CT molecular complexity index is 950. The van der Waals surface area contributed by atoms with Gasteiger partial charge in [-0.2, -0.15) is 4.31 Å². The van der Waals surface area contributed by atoms with Gasteiger partial charge in [0, 0.05) is 25.3 Å². The first kappa shape index (κ1) is 21.2. The van der Waals surface area contributed by atoms with Crippen LogP contribution in [0, 0.1) is 5.82 Å². The Hall–Kier alpha value is -2.49. The molecule has 156 valence electrons. The van der Waals surface area contributed by atoms with Gasteiger partial charge in [0.2, 0.25) is 15.9 Å². The van der Waals surface area contributed by atoms with Gasteiger partial charge in [0.15, 0.2) is 0 Å². The van der Waals surface area contributed by atoms with Gasteiger partial charge in [0.25, 0.3) is 0 Å². The van der Waals surface area contributed by atoms with Gasteiger partial charge in [0.05, 0.1) is 18.6 Å². The van der Waals surface area contributed by atoms with Gasteiger partial charge in [-0.15, -0.1) is 0 Å². The molecule has 1 fully saturated rings. The first-order chi connectivity index (χ1) is 13.9. The van der Waals surface area contributed by atoms with Crippen molar-refractivity contribution < 1.29 is 22.3 Å². The Labute approximate surface area is 170 Å². The Kier molecular flexibility index (Phi) is 6.83. The van der Waals surface area contributed by atoms with Crippen molar-refractivity contribution in [1.82, 2.24) is 9.21 Å². The SMILES string of the molecule is COc1ccc(S(=O)(=O)N2CCCN(CC(=O)Nc3cccc(F)c3)CC2)cc1. The van der Waals surface area contributed by atoms with Crippen molar-refractivity contribution in [3.05, 3.63) is 54.3 Å². The lowest BCUT2D eigenvalue weighted by molar-refractivity contribution is -0.117. The zero-order valence-corrected chi connectivity index (χ0v) is 17.0. The third-order valence-corrected chi connectivity index (χ3v) is 6.63. The van der Waals surface area contributed by atoms with Crippen molar-refractivity contribution in [2.45, 2.75) is 11.3 Å². The summed E-state index contributed by atoms with van der Waals surface area (Å²) < 4.78 is 45.5. The highest BCUT2D eigenvalue weighted by Gasteiger charge is 2.27. The molecule has 1 saturated heterocycles. The van der Waals surface area contributed by atoms with E-state index in [4.69, 9.17) is 4.74 Å². The van der Waals surface area contributed by atoms with Crippen LogP contribution in [0.3, 0.4) is 0 Å². The minimum absolute atomic E-state index is 0.118. The number of hydrogen-bond donors (Lipinski definition) is 1. The van der Waals surface area contributed by atoms with Crippen LogP contribution in [0.5, 0.6) is 5.75 Å². The van der Waals surface area contributed by atoms with E-state index in [1.165, 1.54) is 41.7 Å². The summed E-state index contributed by atoms with van der Waals surface area (Å²) in [6.07, 6.45) is 0.614. The highest BCUT2D eigenvalue weighted by atomic mass is 32.2. The Morgan fingerprint density at radius 3 is 2.55 bits per heavy atom. The number of carbonyl (C=O) groups is 1. The molecular weight excluding hydrogens is 397 g/mol. The van der Waals surface area contributed by atoms with Gasteiger partial charge >= 0.3 is 0 Å². The summed E-state index contributed by atoms with van der Waals surface area (Å²) in [5.41, 5.74) is 0.397. The average molecular weight is 421 g/mol. The highest BCUT2D eigenvalue weighted by Crippen LogP contribution is 2.20. The van der Waals surface area contributed by atoms with Gasteiger partial charge < -0.3 is 10.1 Å². The molecule has 29 heavy (non-hydrogen) atoms. The Morgan fingerprint density at radius 2 is 1.86 bits per heavy atom. The molecule has 1 aliphatic heterocycles. The molecule has 0 atom stereocenters. The summed E-state index contributed by atoms with van der Waals surface area (Å²) >= 11 is 0. The van der Waals surface area contributed by atoms with E-state index in [0.29, 0.717) is 44.0 Å². The molecular formula is C20H24FN3O4S. The Balaban J connectivity index is 1.58. The molecule has 1 heterocycles. The van der Waals surface area contributed by atoms with Crippen molar-refractivity contribution >= 4 is 21.6 Å². The standard InChI is InChI=1S/C20H24FN3O4S/c1-28-18-6-8-19(9-7-18)29(26,27)24-11-3-10-23(12-13-24)15-20(25)22-17-5-2-4-16(21)14-17/h2,4-9,14H,3,10-13,15H2,1H3,(H,22,25). The largest absolute Gasteiger partial charge is 0.497 e. The van der Waals surface area contributed by atoms with E-state index < -0.39 is 15.8 Å². The summed E-state index contributed by atoms with van der Waals surface area (Å²) in [5.74, 6) is -0.0886. The van der Waals surface area contributed by atoms with E-state index in [2.05, 4.69) is 5.32 Å². The third-order valence-electron chi connectivity index (χ3n) is 4.72. The van der Waals surface area contributed by atoms with Crippen molar-refractivity contribution in [3.63, 3.8) is 0 Å². The lowest BCUT2D eigenvalue weighted by Crippen LogP contribution is -2.38. The molecule has 1 aliphatic rings. The van der Waals surface area contributed by atoms with Crippen LogP contribution in [0.25, 0.3) is 0 Å². The van der Waals surface area contributed by atoms with E-state index >= 15 is 0 Å². The highest BCUT2D eigenvalue weighted by molar-refractivity contribution is 7.89. The van der Waals surface area contributed by atoms with Gasteiger partial charge in [-0.3, -0.25) is 9.69 Å². The second-order valence-corrected chi connectivity index (χ2v) is 8.71. The molecule has 2 aromatic carbocycles. The summed E-state index contributed by atoms with van der Waals surface area (Å²) in [7, 11) is -2.08. The average Bonchev–Trinajstić information content (AvgIpc) is 2.94. The lowest BCUT2D eigenvalue weighted by atomic mass is 10.3. The molecule has 7 nitrogen and oxygen atoms in total. The topological polar surface area (TPSA) is 79.0 Å². The fraction of sp³-hybridized carbons (Fsp3) is 0.350. The molecule has 0 aliphatic carbocycles. The van der Waals surface area contributed by atoms with E-state index in [0.717, 1.165) is 0 Å². The number of anilines is 1. The molecule has 0 saturated carbocycles. The van der Waals surface area contributed by atoms with Crippen molar-refractivity contribution in [1.29, 1.82) is 0 Å². The maximum atomic E-state index is 13.2. The molecule has 0 radical (unpaired) electrons. The predicted molar refractivity (Wildman–Crippen MR) is 108 cm³/mol. The van der Waals surface area contributed by atoms with Crippen LogP contribution in [-0.4, -0.2) is 63.4 Å². The normalized spacial score (nSPS) is 16.2. The molecule has 0 spiro atoms. The number of amides is 1. The number of hydrogen-bond acceptors (Lipinski definition) is 5. The zero-order valence-electron chi connectivity index (χ0n) is 16.2. The van der Waals surface area contributed by atoms with Crippen LogP contribution in [0.2, 0.25) is 0 Å². The second-order valence-electron chi connectivity index (χ2n) is 6.77. The first-order valence-corrected chi connectivity index (χ1v) is 10.7. The van der Waals surface area contributed by atoms with E-state index in [1.54, 1.807) is 18.2 Å². The molecule has 1 N–H and O–H groups in total.